The molecular formula is C19H32FNO2. The summed E-state index contributed by atoms with van der Waals surface area (Å²) >= 11 is 0. The number of carboxylic acids is 1. The number of aromatic nitrogens is 1. The molecule has 1 aromatic rings. The molecule has 0 saturated carbocycles. The second-order valence-electron chi connectivity index (χ2n) is 6.45. The molecule has 0 bridgehead atoms. The zero-order chi connectivity index (χ0) is 16.9. The largest absolute Gasteiger partial charge is 0.476 e. The quantitative estimate of drug-likeness (QED) is 0.406. The minimum atomic E-state index is -1.23. The van der Waals surface area contributed by atoms with Crippen molar-refractivity contribution in [3.8, 4) is 0 Å². The number of aryl methyl sites for hydroxylation is 1. The lowest BCUT2D eigenvalue weighted by molar-refractivity contribution is 0.0686. The summed E-state index contributed by atoms with van der Waals surface area (Å²) in [7, 11) is 0. The van der Waals surface area contributed by atoms with E-state index in [1.165, 1.54) is 70.4 Å². The van der Waals surface area contributed by atoms with Crippen LogP contribution in [0.4, 0.5) is 4.39 Å². The topological polar surface area (TPSA) is 53.1 Å². The molecule has 1 heterocycles. The van der Waals surface area contributed by atoms with Gasteiger partial charge < -0.3 is 10.1 Å². The molecule has 0 radical (unpaired) electrons. The van der Waals surface area contributed by atoms with E-state index in [-0.39, 0.29) is 5.69 Å². The minimum absolute atomic E-state index is 0.320. The van der Waals surface area contributed by atoms with E-state index in [1.54, 1.807) is 0 Å². The van der Waals surface area contributed by atoms with Gasteiger partial charge in [0.2, 0.25) is 0 Å². The van der Waals surface area contributed by atoms with E-state index in [1.807, 2.05) is 0 Å². The molecule has 132 valence electrons. The number of nitrogens with one attached hydrogen (secondary N) is 1. The van der Waals surface area contributed by atoms with Crippen LogP contribution in [0.5, 0.6) is 0 Å². The highest BCUT2D eigenvalue weighted by molar-refractivity contribution is 5.86. The molecule has 4 heteroatoms. The smallest absolute Gasteiger partial charge is 0.355 e. The molecule has 0 fully saturated rings. The average molecular weight is 325 g/mol. The molecule has 23 heavy (non-hydrogen) atoms. The van der Waals surface area contributed by atoms with Crippen LogP contribution in [0, 0.1) is 5.82 Å². The van der Waals surface area contributed by atoms with Gasteiger partial charge in [-0.2, -0.15) is 0 Å². The van der Waals surface area contributed by atoms with Crippen LogP contribution in [-0.2, 0) is 6.42 Å². The molecule has 0 aliphatic rings. The Bertz CT molecular complexity index is 443. The Hall–Kier alpha value is -1.32. The fraction of sp³-hybridized carbons (Fsp3) is 0.737. The van der Waals surface area contributed by atoms with Gasteiger partial charge >= 0.3 is 5.97 Å². The maximum absolute atomic E-state index is 13.7. The van der Waals surface area contributed by atoms with Crippen LogP contribution in [-0.4, -0.2) is 16.1 Å². The molecule has 1 aromatic heterocycles. The van der Waals surface area contributed by atoms with Crippen molar-refractivity contribution < 1.29 is 14.3 Å². The summed E-state index contributed by atoms with van der Waals surface area (Å²) < 4.78 is 13.7. The number of aromatic carboxylic acids is 1. The van der Waals surface area contributed by atoms with E-state index in [2.05, 4.69) is 11.9 Å². The van der Waals surface area contributed by atoms with Gasteiger partial charge in [-0.3, -0.25) is 0 Å². The first kappa shape index (κ1) is 19.7. The number of rotatable bonds is 14. The predicted molar refractivity (Wildman–Crippen MR) is 92.5 cm³/mol. The SMILES string of the molecule is CCCCCCCCCCCCCCc1c[nH]c(C(=O)O)c1F. The zero-order valence-electron chi connectivity index (χ0n) is 14.5. The molecule has 0 aliphatic carbocycles. The van der Waals surface area contributed by atoms with Crippen molar-refractivity contribution in [2.24, 2.45) is 0 Å². The summed E-state index contributed by atoms with van der Waals surface area (Å²) in [5.74, 6) is -1.83. The first-order chi connectivity index (χ1) is 11.2. The fourth-order valence-corrected chi connectivity index (χ4v) is 2.94. The summed E-state index contributed by atoms with van der Waals surface area (Å²) in [5, 5.41) is 8.78. The number of hydrogen-bond donors (Lipinski definition) is 2. The number of H-pyrrole nitrogens is 1. The van der Waals surface area contributed by atoms with Crippen LogP contribution in [0.1, 0.15) is 100 Å². The Morgan fingerprint density at radius 2 is 1.43 bits per heavy atom. The summed E-state index contributed by atoms with van der Waals surface area (Å²) in [6.45, 7) is 2.25. The van der Waals surface area contributed by atoms with Crippen molar-refractivity contribution in [2.75, 3.05) is 0 Å². The van der Waals surface area contributed by atoms with Gasteiger partial charge in [-0.05, 0) is 12.8 Å². The molecule has 2 N–H and O–H groups in total. The molecule has 3 nitrogen and oxygen atoms in total. The van der Waals surface area contributed by atoms with Crippen LogP contribution in [0.25, 0.3) is 0 Å². The predicted octanol–water partition coefficient (Wildman–Crippen LogP) is 6.10. The van der Waals surface area contributed by atoms with Crippen molar-refractivity contribution in [1.82, 2.24) is 4.98 Å². The van der Waals surface area contributed by atoms with Crippen LogP contribution < -0.4 is 0 Å². The van der Waals surface area contributed by atoms with Gasteiger partial charge in [-0.25, -0.2) is 9.18 Å². The third kappa shape index (κ3) is 8.19. The maximum atomic E-state index is 13.7. The van der Waals surface area contributed by atoms with E-state index >= 15 is 0 Å². The third-order valence-electron chi connectivity index (χ3n) is 4.41. The first-order valence-corrected chi connectivity index (χ1v) is 9.25. The van der Waals surface area contributed by atoms with E-state index in [0.29, 0.717) is 12.0 Å². The second-order valence-corrected chi connectivity index (χ2v) is 6.45. The van der Waals surface area contributed by atoms with Gasteiger partial charge in [0, 0.05) is 11.8 Å². The molecule has 0 saturated heterocycles. The average Bonchev–Trinajstić information content (AvgIpc) is 2.89. The van der Waals surface area contributed by atoms with Gasteiger partial charge in [0.25, 0.3) is 0 Å². The van der Waals surface area contributed by atoms with Crippen molar-refractivity contribution in [3.05, 3.63) is 23.3 Å². The lowest BCUT2D eigenvalue weighted by atomic mass is 10.0. The van der Waals surface area contributed by atoms with Crippen LogP contribution in [0.2, 0.25) is 0 Å². The van der Waals surface area contributed by atoms with Gasteiger partial charge in [0.1, 0.15) is 0 Å². The lowest BCUT2D eigenvalue weighted by Crippen LogP contribution is -2.00. The Morgan fingerprint density at radius 1 is 0.957 bits per heavy atom. The van der Waals surface area contributed by atoms with E-state index in [0.717, 1.165) is 12.8 Å². The normalized spacial score (nSPS) is 11.0. The van der Waals surface area contributed by atoms with Crippen LogP contribution in [0.15, 0.2) is 6.20 Å². The molecule has 0 aliphatic heterocycles. The van der Waals surface area contributed by atoms with Crippen LogP contribution >= 0.6 is 0 Å². The van der Waals surface area contributed by atoms with Gasteiger partial charge in [0.05, 0.1) is 0 Å². The Labute approximate surface area is 139 Å². The van der Waals surface area contributed by atoms with E-state index < -0.39 is 11.8 Å². The Balaban J connectivity index is 1.95. The molecule has 0 unspecified atom stereocenters. The monoisotopic (exact) mass is 325 g/mol. The Morgan fingerprint density at radius 3 is 1.87 bits per heavy atom. The highest BCUT2D eigenvalue weighted by Crippen LogP contribution is 2.16. The van der Waals surface area contributed by atoms with Crippen molar-refractivity contribution in [3.63, 3.8) is 0 Å². The third-order valence-corrected chi connectivity index (χ3v) is 4.41. The summed E-state index contributed by atoms with van der Waals surface area (Å²) in [6, 6.07) is 0. The lowest BCUT2D eigenvalue weighted by Gasteiger charge is -2.03. The van der Waals surface area contributed by atoms with E-state index in [4.69, 9.17) is 5.11 Å². The van der Waals surface area contributed by atoms with Crippen molar-refractivity contribution >= 4 is 5.97 Å². The Kier molecular flexibility index (Phi) is 10.4. The number of carboxylic acid groups (broad SMARTS) is 1. The summed E-state index contributed by atoms with van der Waals surface area (Å²) in [5.41, 5.74) is 0.174. The van der Waals surface area contributed by atoms with Crippen molar-refractivity contribution in [2.45, 2.75) is 90.4 Å². The minimum Gasteiger partial charge on any atom is -0.476 e. The van der Waals surface area contributed by atoms with Gasteiger partial charge in [-0.15, -0.1) is 0 Å². The first-order valence-electron chi connectivity index (χ1n) is 9.25. The molecule has 1 rings (SSSR count). The summed E-state index contributed by atoms with van der Waals surface area (Å²) in [4.78, 5) is 13.2. The molecule has 0 amide bonds. The van der Waals surface area contributed by atoms with Gasteiger partial charge in [-0.1, -0.05) is 77.6 Å². The number of carbonyl (C=O) groups is 1. The zero-order valence-corrected chi connectivity index (χ0v) is 14.5. The fourth-order valence-electron chi connectivity index (χ4n) is 2.94. The number of aromatic amines is 1. The number of halogens is 1. The second kappa shape index (κ2) is 12.1. The van der Waals surface area contributed by atoms with Crippen LogP contribution in [0.3, 0.4) is 0 Å². The molecule has 0 atom stereocenters. The summed E-state index contributed by atoms with van der Waals surface area (Å²) in [6.07, 6.45) is 17.4. The number of unbranched alkanes of at least 4 members (excludes halogenated alkanes) is 11. The standard InChI is InChI=1S/C19H32FNO2/c1-2-3-4-5-6-7-8-9-10-11-12-13-14-16-15-21-18(17(16)20)19(22)23/h15,21H,2-14H2,1H3,(H,22,23). The maximum Gasteiger partial charge on any atom is 0.355 e. The number of hydrogen-bond acceptors (Lipinski definition) is 1. The highest BCUT2D eigenvalue weighted by atomic mass is 19.1. The molecular weight excluding hydrogens is 293 g/mol. The van der Waals surface area contributed by atoms with Gasteiger partial charge in [0.15, 0.2) is 11.5 Å². The van der Waals surface area contributed by atoms with E-state index in [9.17, 15) is 9.18 Å². The highest BCUT2D eigenvalue weighted by Gasteiger charge is 2.15. The van der Waals surface area contributed by atoms with Crippen molar-refractivity contribution in [1.29, 1.82) is 0 Å². The molecule has 0 spiro atoms. The molecule has 0 aromatic carbocycles.